The van der Waals surface area contributed by atoms with E-state index in [9.17, 15) is 0 Å². The van der Waals surface area contributed by atoms with Gasteiger partial charge in [0.2, 0.25) is 0 Å². The molecule has 0 fully saturated rings. The van der Waals surface area contributed by atoms with Crippen LogP contribution in [0.5, 0.6) is 0 Å². The molecule has 3 nitrogen and oxygen atoms in total. The molecule has 0 N–H and O–H groups in total. The summed E-state index contributed by atoms with van der Waals surface area (Å²) in [5.74, 6) is 0. The number of hydrogen-bond donors (Lipinski definition) is 0. The SMILES string of the molecule is CC1(C)c2cc(C3=CC=C(n4c5ccccc5c5ccccc54)CC3)ccc2-c2ccc(-c3ccc(-c4cnc5c6ccccc6c6ccccc6c5n4)cc3)cc21. The van der Waals surface area contributed by atoms with Gasteiger partial charge in [0.1, 0.15) is 0 Å². The summed E-state index contributed by atoms with van der Waals surface area (Å²) in [6.07, 6.45) is 8.63. The van der Waals surface area contributed by atoms with Gasteiger partial charge in [0, 0.05) is 38.2 Å². The topological polar surface area (TPSA) is 30.7 Å². The molecule has 2 aromatic heterocycles. The van der Waals surface area contributed by atoms with E-state index in [4.69, 9.17) is 9.97 Å². The molecule has 12 rings (SSSR count). The fraction of sp³-hybridized carbons (Fsp3) is 0.0909. The maximum atomic E-state index is 5.22. The molecule has 10 aromatic rings. The van der Waals surface area contributed by atoms with Gasteiger partial charge < -0.3 is 4.57 Å². The van der Waals surface area contributed by atoms with Gasteiger partial charge in [0.05, 0.1) is 34.0 Å². The van der Waals surface area contributed by atoms with Gasteiger partial charge in [0.25, 0.3) is 0 Å². The van der Waals surface area contributed by atoms with Crippen molar-refractivity contribution in [3.05, 3.63) is 193 Å². The number of hydrogen-bond acceptors (Lipinski definition) is 2. The minimum absolute atomic E-state index is 0.122. The van der Waals surface area contributed by atoms with Crippen molar-refractivity contribution in [1.82, 2.24) is 14.5 Å². The molecule has 2 aliphatic carbocycles. The summed E-state index contributed by atoms with van der Waals surface area (Å²) in [4.78, 5) is 10.2. The Morgan fingerprint density at radius 3 is 1.60 bits per heavy atom. The number of nitrogens with zero attached hydrogens (tertiary/aromatic N) is 3. The third-order valence-corrected chi connectivity index (χ3v) is 13.0. The molecule has 0 atom stereocenters. The lowest BCUT2D eigenvalue weighted by molar-refractivity contribution is 0.660. The van der Waals surface area contributed by atoms with Crippen LogP contribution in [-0.2, 0) is 5.41 Å². The molecule has 274 valence electrons. The Kier molecular flexibility index (Phi) is 7.10. The normalized spacial score (nSPS) is 14.6. The monoisotopic (exact) mass is 741 g/mol. The maximum Gasteiger partial charge on any atom is 0.0979 e. The first kappa shape index (κ1) is 33.1. The van der Waals surface area contributed by atoms with Crippen LogP contribution < -0.4 is 0 Å². The summed E-state index contributed by atoms with van der Waals surface area (Å²) >= 11 is 0. The second-order valence-electron chi connectivity index (χ2n) is 16.5. The maximum absolute atomic E-state index is 5.22. The van der Waals surface area contributed by atoms with E-state index in [0.29, 0.717) is 0 Å². The zero-order valence-corrected chi connectivity index (χ0v) is 32.5. The van der Waals surface area contributed by atoms with Crippen molar-refractivity contribution >= 4 is 65.7 Å². The van der Waals surface area contributed by atoms with Gasteiger partial charge in [-0.2, -0.15) is 0 Å². The summed E-state index contributed by atoms with van der Waals surface area (Å²) < 4.78 is 2.46. The summed E-state index contributed by atoms with van der Waals surface area (Å²) in [6, 6.07) is 57.6. The standard InChI is InChI=1S/C55H39N3/c1-55(2)48-31-37(34-19-21-36(22-20-34)50-33-56-53-46-15-5-3-11-40(46)41-12-4-6-16-47(41)54(53)57-50)25-29-42(48)43-30-26-38(32-49(43)55)35-23-27-39(28-24-35)58-51-17-9-7-13-44(51)45-14-8-10-18-52(45)58/h3-23,25-27,29-33H,24,28H2,1-2H3. The molecule has 0 unspecified atom stereocenters. The highest BCUT2D eigenvalue weighted by molar-refractivity contribution is 6.23. The van der Waals surface area contributed by atoms with Crippen LogP contribution in [0.25, 0.3) is 99.2 Å². The highest BCUT2D eigenvalue weighted by Crippen LogP contribution is 2.51. The van der Waals surface area contributed by atoms with Gasteiger partial charge in [0.15, 0.2) is 0 Å². The van der Waals surface area contributed by atoms with Crippen LogP contribution in [0.3, 0.4) is 0 Å². The summed E-state index contributed by atoms with van der Waals surface area (Å²) in [5, 5.41) is 7.31. The number of aromatic nitrogens is 3. The molecule has 0 spiro atoms. The van der Waals surface area contributed by atoms with Crippen LogP contribution >= 0.6 is 0 Å². The average Bonchev–Trinajstić information content (AvgIpc) is 3.74. The Hall–Kier alpha value is -7.10. The summed E-state index contributed by atoms with van der Waals surface area (Å²) in [5.41, 5.74) is 18.2. The van der Waals surface area contributed by atoms with Crippen LogP contribution in [0, 0.1) is 0 Å². The van der Waals surface area contributed by atoms with E-state index in [2.05, 4.69) is 188 Å². The molecule has 0 saturated heterocycles. The molecular formula is C55H39N3. The van der Waals surface area contributed by atoms with E-state index >= 15 is 0 Å². The molecule has 0 amide bonds. The van der Waals surface area contributed by atoms with Gasteiger partial charge in [-0.05, 0) is 98.5 Å². The van der Waals surface area contributed by atoms with Gasteiger partial charge in [-0.15, -0.1) is 0 Å². The van der Waals surface area contributed by atoms with E-state index in [1.807, 2.05) is 6.20 Å². The number of fused-ring (bicyclic) bond motifs is 12. The lowest BCUT2D eigenvalue weighted by Gasteiger charge is -2.23. The number of allylic oxidation sites excluding steroid dienone is 4. The average molecular weight is 742 g/mol. The van der Waals surface area contributed by atoms with Crippen molar-refractivity contribution in [2.75, 3.05) is 0 Å². The summed E-state index contributed by atoms with van der Waals surface area (Å²) in [6.45, 7) is 4.77. The molecule has 0 radical (unpaired) electrons. The fourth-order valence-corrected chi connectivity index (χ4v) is 10.00. The van der Waals surface area contributed by atoms with E-state index < -0.39 is 0 Å². The molecular weight excluding hydrogens is 703 g/mol. The van der Waals surface area contributed by atoms with E-state index in [0.717, 1.165) is 45.9 Å². The van der Waals surface area contributed by atoms with Gasteiger partial charge in [-0.25, -0.2) is 4.98 Å². The Morgan fingerprint density at radius 1 is 0.466 bits per heavy atom. The molecule has 2 aliphatic rings. The van der Waals surface area contributed by atoms with Crippen molar-refractivity contribution in [3.8, 4) is 33.5 Å². The van der Waals surface area contributed by atoms with Crippen LogP contribution in [0.1, 0.15) is 43.4 Å². The van der Waals surface area contributed by atoms with E-state index in [-0.39, 0.29) is 5.41 Å². The van der Waals surface area contributed by atoms with Crippen LogP contribution in [0.2, 0.25) is 0 Å². The molecule has 0 bridgehead atoms. The van der Waals surface area contributed by atoms with Gasteiger partial charge >= 0.3 is 0 Å². The molecule has 0 saturated carbocycles. The van der Waals surface area contributed by atoms with Crippen molar-refractivity contribution in [1.29, 1.82) is 0 Å². The zero-order valence-electron chi connectivity index (χ0n) is 32.5. The second-order valence-corrected chi connectivity index (χ2v) is 16.5. The third-order valence-electron chi connectivity index (χ3n) is 13.0. The van der Waals surface area contributed by atoms with E-state index in [1.54, 1.807) is 0 Å². The Bertz CT molecular complexity index is 3320. The molecule has 3 heteroatoms. The number of rotatable bonds is 4. The number of para-hydroxylation sites is 2. The van der Waals surface area contributed by atoms with Crippen molar-refractivity contribution < 1.29 is 0 Å². The van der Waals surface area contributed by atoms with Gasteiger partial charge in [-0.3, -0.25) is 4.98 Å². The van der Waals surface area contributed by atoms with Crippen molar-refractivity contribution in [2.24, 2.45) is 0 Å². The molecule has 2 heterocycles. The number of benzene rings is 8. The largest absolute Gasteiger partial charge is 0.313 e. The van der Waals surface area contributed by atoms with Crippen LogP contribution in [-0.4, -0.2) is 14.5 Å². The third kappa shape index (κ3) is 4.86. The predicted octanol–water partition coefficient (Wildman–Crippen LogP) is 14.4. The first-order chi connectivity index (χ1) is 28.5. The van der Waals surface area contributed by atoms with Crippen LogP contribution in [0.4, 0.5) is 0 Å². The second kappa shape index (κ2) is 12.4. The van der Waals surface area contributed by atoms with Crippen LogP contribution in [0.15, 0.2) is 176 Å². The first-order valence-corrected chi connectivity index (χ1v) is 20.4. The first-order valence-electron chi connectivity index (χ1n) is 20.4. The van der Waals surface area contributed by atoms with Crippen molar-refractivity contribution in [2.45, 2.75) is 32.1 Å². The van der Waals surface area contributed by atoms with Crippen molar-refractivity contribution in [3.63, 3.8) is 0 Å². The minimum atomic E-state index is -0.122. The Labute approximate surface area is 337 Å². The molecule has 58 heavy (non-hydrogen) atoms. The molecule has 8 aromatic carbocycles. The summed E-state index contributed by atoms with van der Waals surface area (Å²) in [7, 11) is 0. The highest BCUT2D eigenvalue weighted by atomic mass is 15.0. The smallest absolute Gasteiger partial charge is 0.0979 e. The minimum Gasteiger partial charge on any atom is -0.313 e. The lowest BCUT2D eigenvalue weighted by Crippen LogP contribution is -2.15. The molecule has 0 aliphatic heterocycles. The predicted molar refractivity (Wildman–Crippen MR) is 244 cm³/mol. The lowest BCUT2D eigenvalue weighted by atomic mass is 9.80. The Morgan fingerprint density at radius 2 is 0.983 bits per heavy atom. The Balaban J connectivity index is 0.850. The fourth-order valence-electron chi connectivity index (χ4n) is 10.00. The van der Waals surface area contributed by atoms with E-state index in [1.165, 1.54) is 82.8 Å². The van der Waals surface area contributed by atoms with Gasteiger partial charge in [-0.1, -0.05) is 153 Å². The quantitative estimate of drug-likeness (QED) is 0.168. The zero-order chi connectivity index (χ0) is 38.5. The highest BCUT2D eigenvalue weighted by Gasteiger charge is 2.36.